The molecule has 0 unspecified atom stereocenters. The van der Waals surface area contributed by atoms with Crippen LogP contribution in [0.2, 0.25) is 0 Å². The molecule has 0 amide bonds. The molecular formula is C18H11NO. The van der Waals surface area contributed by atoms with Gasteiger partial charge in [-0.2, -0.15) is 5.26 Å². The van der Waals surface area contributed by atoms with Gasteiger partial charge in [0.2, 0.25) is 0 Å². The van der Waals surface area contributed by atoms with Crippen LogP contribution in [0, 0.1) is 11.3 Å². The number of phenols is 1. The molecule has 0 radical (unpaired) electrons. The van der Waals surface area contributed by atoms with Crippen molar-refractivity contribution >= 4 is 10.8 Å². The summed E-state index contributed by atoms with van der Waals surface area (Å²) in [6.07, 6.45) is 0.814. The minimum Gasteiger partial charge on any atom is -0.507 e. The highest BCUT2D eigenvalue weighted by molar-refractivity contribution is 6.06. The Labute approximate surface area is 116 Å². The molecule has 0 fully saturated rings. The third kappa shape index (κ3) is 1.32. The van der Waals surface area contributed by atoms with Crippen LogP contribution in [0.3, 0.4) is 0 Å². The summed E-state index contributed by atoms with van der Waals surface area (Å²) in [4.78, 5) is 0. The summed E-state index contributed by atoms with van der Waals surface area (Å²) in [5, 5.41) is 21.2. The monoisotopic (exact) mass is 257 g/mol. The van der Waals surface area contributed by atoms with Crippen molar-refractivity contribution in [3.8, 4) is 22.9 Å². The number of phenolic OH excluding ortho intramolecular Hbond substituents is 1. The van der Waals surface area contributed by atoms with Crippen LogP contribution in [0.1, 0.15) is 16.7 Å². The fraction of sp³-hybridized carbons (Fsp3) is 0.0556. The van der Waals surface area contributed by atoms with Crippen LogP contribution in [0.25, 0.3) is 21.9 Å². The maximum absolute atomic E-state index is 10.2. The summed E-state index contributed by atoms with van der Waals surface area (Å²) in [5.74, 6) is 0.253. The molecule has 4 rings (SSSR count). The van der Waals surface area contributed by atoms with E-state index in [0.29, 0.717) is 5.56 Å². The first-order valence-electron chi connectivity index (χ1n) is 6.55. The minimum absolute atomic E-state index is 0.253. The van der Waals surface area contributed by atoms with Crippen LogP contribution in [0.4, 0.5) is 0 Å². The summed E-state index contributed by atoms with van der Waals surface area (Å²) in [6, 6.07) is 17.8. The SMILES string of the molecule is N#Cc1cccc2c(O)cc3c(c12)-c1ccccc1C3. The lowest BCUT2D eigenvalue weighted by molar-refractivity contribution is 0.481. The second-order valence-corrected chi connectivity index (χ2v) is 5.10. The molecule has 0 spiro atoms. The molecule has 1 aliphatic rings. The number of hydrogen-bond donors (Lipinski definition) is 1. The average molecular weight is 257 g/mol. The van der Waals surface area contributed by atoms with E-state index in [4.69, 9.17) is 0 Å². The second-order valence-electron chi connectivity index (χ2n) is 5.10. The Balaban J connectivity index is 2.24. The molecule has 94 valence electrons. The molecule has 0 heterocycles. The zero-order chi connectivity index (χ0) is 13.7. The van der Waals surface area contributed by atoms with Crippen LogP contribution in [-0.2, 0) is 6.42 Å². The molecule has 0 bridgehead atoms. The van der Waals surface area contributed by atoms with Crippen molar-refractivity contribution in [3.63, 3.8) is 0 Å². The van der Waals surface area contributed by atoms with Crippen molar-refractivity contribution in [2.75, 3.05) is 0 Å². The van der Waals surface area contributed by atoms with Crippen LogP contribution < -0.4 is 0 Å². The third-order valence-corrected chi connectivity index (χ3v) is 4.01. The van der Waals surface area contributed by atoms with E-state index in [2.05, 4.69) is 18.2 Å². The highest BCUT2D eigenvalue weighted by Crippen LogP contribution is 2.45. The fourth-order valence-corrected chi connectivity index (χ4v) is 3.17. The molecular weight excluding hydrogens is 246 g/mol. The van der Waals surface area contributed by atoms with E-state index in [1.807, 2.05) is 36.4 Å². The maximum atomic E-state index is 10.2. The van der Waals surface area contributed by atoms with Gasteiger partial charge in [0.1, 0.15) is 5.75 Å². The van der Waals surface area contributed by atoms with Crippen LogP contribution >= 0.6 is 0 Å². The number of nitriles is 1. The molecule has 1 N–H and O–H groups in total. The first-order valence-corrected chi connectivity index (χ1v) is 6.55. The zero-order valence-electron chi connectivity index (χ0n) is 10.7. The van der Waals surface area contributed by atoms with Gasteiger partial charge in [0.15, 0.2) is 0 Å². The van der Waals surface area contributed by atoms with Gasteiger partial charge in [0.25, 0.3) is 0 Å². The van der Waals surface area contributed by atoms with Crippen LogP contribution in [-0.4, -0.2) is 5.11 Å². The largest absolute Gasteiger partial charge is 0.507 e. The van der Waals surface area contributed by atoms with Gasteiger partial charge in [-0.3, -0.25) is 0 Å². The number of hydrogen-bond acceptors (Lipinski definition) is 2. The third-order valence-electron chi connectivity index (χ3n) is 4.01. The van der Waals surface area contributed by atoms with Crippen molar-refractivity contribution in [1.29, 1.82) is 5.26 Å². The van der Waals surface area contributed by atoms with Gasteiger partial charge in [0.05, 0.1) is 11.6 Å². The summed E-state index contributed by atoms with van der Waals surface area (Å²) >= 11 is 0. The van der Waals surface area contributed by atoms with Crippen LogP contribution in [0.15, 0.2) is 48.5 Å². The number of benzene rings is 3. The number of rotatable bonds is 0. The highest BCUT2D eigenvalue weighted by atomic mass is 16.3. The topological polar surface area (TPSA) is 44.0 Å². The summed E-state index contributed by atoms with van der Waals surface area (Å²) < 4.78 is 0. The van der Waals surface area contributed by atoms with Crippen molar-refractivity contribution in [2.24, 2.45) is 0 Å². The minimum atomic E-state index is 0.253. The smallest absolute Gasteiger partial charge is 0.123 e. The van der Waals surface area contributed by atoms with E-state index in [-0.39, 0.29) is 5.75 Å². The van der Waals surface area contributed by atoms with E-state index in [9.17, 15) is 10.4 Å². The fourth-order valence-electron chi connectivity index (χ4n) is 3.17. The van der Waals surface area contributed by atoms with Crippen molar-refractivity contribution in [2.45, 2.75) is 6.42 Å². The molecule has 2 heteroatoms. The lowest BCUT2D eigenvalue weighted by atomic mass is 9.94. The van der Waals surface area contributed by atoms with Gasteiger partial charge in [-0.15, -0.1) is 0 Å². The highest BCUT2D eigenvalue weighted by Gasteiger charge is 2.23. The normalized spacial score (nSPS) is 11.9. The van der Waals surface area contributed by atoms with Gasteiger partial charge in [-0.1, -0.05) is 36.4 Å². The molecule has 0 aromatic heterocycles. The first kappa shape index (κ1) is 11.1. The number of fused-ring (bicyclic) bond motifs is 5. The van der Waals surface area contributed by atoms with Gasteiger partial charge in [-0.05, 0) is 40.8 Å². The predicted octanol–water partition coefficient (Wildman–Crippen LogP) is 3.99. The predicted molar refractivity (Wildman–Crippen MR) is 78.6 cm³/mol. The van der Waals surface area contributed by atoms with Gasteiger partial charge in [0, 0.05) is 10.8 Å². The molecule has 0 saturated carbocycles. The van der Waals surface area contributed by atoms with E-state index in [1.54, 1.807) is 0 Å². The zero-order valence-corrected chi connectivity index (χ0v) is 10.7. The summed E-state index contributed by atoms with van der Waals surface area (Å²) in [6.45, 7) is 0. The van der Waals surface area contributed by atoms with E-state index in [0.717, 1.165) is 28.3 Å². The summed E-state index contributed by atoms with van der Waals surface area (Å²) in [5.41, 5.74) is 5.24. The van der Waals surface area contributed by atoms with Crippen molar-refractivity contribution < 1.29 is 5.11 Å². The lowest BCUT2D eigenvalue weighted by Gasteiger charge is -2.10. The number of nitrogens with zero attached hydrogens (tertiary/aromatic N) is 1. The number of aromatic hydroxyl groups is 1. The molecule has 0 saturated heterocycles. The van der Waals surface area contributed by atoms with Gasteiger partial charge in [-0.25, -0.2) is 0 Å². The summed E-state index contributed by atoms with van der Waals surface area (Å²) in [7, 11) is 0. The van der Waals surface area contributed by atoms with Gasteiger partial charge >= 0.3 is 0 Å². The Morgan fingerprint density at radius 3 is 2.70 bits per heavy atom. The molecule has 3 aromatic rings. The molecule has 0 aliphatic heterocycles. The standard InChI is InChI=1S/C18H11NO/c19-10-12-5-3-7-15-16(20)9-13-8-11-4-1-2-6-14(11)18(13)17(12)15/h1-7,9,20H,8H2. The molecule has 2 nitrogen and oxygen atoms in total. The molecule has 1 aliphatic carbocycles. The van der Waals surface area contributed by atoms with Crippen LogP contribution in [0.5, 0.6) is 5.75 Å². The Morgan fingerprint density at radius 2 is 1.85 bits per heavy atom. The van der Waals surface area contributed by atoms with E-state index < -0.39 is 0 Å². The quantitative estimate of drug-likeness (QED) is 0.517. The Morgan fingerprint density at radius 1 is 1.00 bits per heavy atom. The van der Waals surface area contributed by atoms with Gasteiger partial charge < -0.3 is 5.11 Å². The first-order chi connectivity index (χ1) is 9.79. The lowest BCUT2D eigenvalue weighted by Crippen LogP contribution is -1.87. The Hall–Kier alpha value is -2.79. The van der Waals surface area contributed by atoms with E-state index >= 15 is 0 Å². The van der Waals surface area contributed by atoms with E-state index in [1.165, 1.54) is 11.1 Å². The van der Waals surface area contributed by atoms with Crippen molar-refractivity contribution in [3.05, 3.63) is 65.2 Å². The second kappa shape index (κ2) is 3.85. The molecule has 20 heavy (non-hydrogen) atoms. The van der Waals surface area contributed by atoms with Crippen molar-refractivity contribution in [1.82, 2.24) is 0 Å². The average Bonchev–Trinajstić information content (AvgIpc) is 2.84. The molecule has 3 aromatic carbocycles. The Bertz CT molecular complexity index is 903. The Kier molecular flexibility index (Phi) is 2.13. The maximum Gasteiger partial charge on any atom is 0.123 e. The molecule has 0 atom stereocenters.